The third kappa shape index (κ3) is 2.48. The quantitative estimate of drug-likeness (QED) is 0.907. The van der Waals surface area contributed by atoms with Crippen molar-refractivity contribution in [2.24, 2.45) is 5.92 Å². The molecule has 1 fully saturated rings. The monoisotopic (exact) mass is 284 g/mol. The van der Waals surface area contributed by atoms with Gasteiger partial charge in [0.1, 0.15) is 5.69 Å². The van der Waals surface area contributed by atoms with Crippen molar-refractivity contribution in [2.45, 2.75) is 32.7 Å². The molecule has 1 aromatic heterocycles. The lowest BCUT2D eigenvalue weighted by molar-refractivity contribution is 0.0930. The molecule has 2 rings (SSSR count). The van der Waals surface area contributed by atoms with E-state index in [9.17, 15) is 4.79 Å². The number of aryl methyl sites for hydroxylation is 1. The van der Waals surface area contributed by atoms with Crippen LogP contribution in [0.1, 0.15) is 36.7 Å². The summed E-state index contributed by atoms with van der Waals surface area (Å²) in [6.45, 7) is 3.68. The number of nitrogens with one attached hydrogen (secondary N) is 1. The lowest BCUT2D eigenvalue weighted by Gasteiger charge is -2.25. The molecule has 0 aliphatic heterocycles. The van der Waals surface area contributed by atoms with E-state index in [1.807, 2.05) is 23.8 Å². The Morgan fingerprint density at radius 2 is 2.38 bits per heavy atom. The smallest absolute Gasteiger partial charge is 0.267 e. The number of hydrogen-bond donors (Lipinski definition) is 1. The standard InChI is InChI=1S/C12H17BrN2O/c1-2-15-8-10(13)6-11(15)12(16)14-7-9-4-3-5-9/h6,8-9H,2-5,7H2,1H3,(H,14,16). The second-order valence-electron chi connectivity index (χ2n) is 4.34. The van der Waals surface area contributed by atoms with Gasteiger partial charge in [0.05, 0.1) is 0 Å². The Labute approximate surface area is 104 Å². The van der Waals surface area contributed by atoms with Gasteiger partial charge in [0.2, 0.25) is 0 Å². The van der Waals surface area contributed by atoms with Crippen LogP contribution < -0.4 is 5.32 Å². The first-order valence-electron chi connectivity index (χ1n) is 5.84. The number of carbonyl (C=O) groups is 1. The van der Waals surface area contributed by atoms with Gasteiger partial charge in [0, 0.05) is 23.8 Å². The van der Waals surface area contributed by atoms with E-state index in [0.717, 1.165) is 23.3 Å². The van der Waals surface area contributed by atoms with Crippen molar-refractivity contribution in [3.63, 3.8) is 0 Å². The third-order valence-electron chi connectivity index (χ3n) is 3.21. The molecule has 1 aromatic rings. The Hall–Kier alpha value is -0.770. The molecule has 0 unspecified atom stereocenters. The van der Waals surface area contributed by atoms with Gasteiger partial charge >= 0.3 is 0 Å². The number of amides is 1. The molecule has 1 amide bonds. The Kier molecular flexibility index (Phi) is 3.69. The van der Waals surface area contributed by atoms with Crippen molar-refractivity contribution in [3.05, 3.63) is 22.4 Å². The molecule has 0 spiro atoms. The zero-order valence-corrected chi connectivity index (χ0v) is 11.1. The Morgan fingerprint density at radius 1 is 1.62 bits per heavy atom. The lowest BCUT2D eigenvalue weighted by Crippen LogP contribution is -2.33. The maximum atomic E-state index is 11.9. The minimum absolute atomic E-state index is 0.0412. The average molecular weight is 285 g/mol. The summed E-state index contributed by atoms with van der Waals surface area (Å²) < 4.78 is 2.92. The van der Waals surface area contributed by atoms with E-state index in [-0.39, 0.29) is 5.91 Å². The summed E-state index contributed by atoms with van der Waals surface area (Å²) in [4.78, 5) is 11.9. The van der Waals surface area contributed by atoms with E-state index in [0.29, 0.717) is 5.92 Å². The van der Waals surface area contributed by atoms with Crippen LogP contribution in [-0.4, -0.2) is 17.0 Å². The van der Waals surface area contributed by atoms with Crippen molar-refractivity contribution in [2.75, 3.05) is 6.54 Å². The van der Waals surface area contributed by atoms with Crippen LogP contribution in [0.15, 0.2) is 16.7 Å². The fraction of sp³-hybridized carbons (Fsp3) is 0.583. The number of halogens is 1. The molecule has 1 aliphatic rings. The van der Waals surface area contributed by atoms with Crippen molar-refractivity contribution < 1.29 is 4.79 Å². The van der Waals surface area contributed by atoms with Gasteiger partial charge in [-0.2, -0.15) is 0 Å². The highest BCUT2D eigenvalue weighted by molar-refractivity contribution is 9.10. The number of hydrogen-bond acceptors (Lipinski definition) is 1. The largest absolute Gasteiger partial charge is 0.350 e. The maximum absolute atomic E-state index is 11.9. The number of nitrogens with zero attached hydrogens (tertiary/aromatic N) is 1. The van der Waals surface area contributed by atoms with Gasteiger partial charge in [-0.1, -0.05) is 6.42 Å². The molecule has 1 saturated carbocycles. The number of carbonyl (C=O) groups excluding carboxylic acids is 1. The van der Waals surface area contributed by atoms with E-state index >= 15 is 0 Å². The van der Waals surface area contributed by atoms with Gasteiger partial charge in [0.25, 0.3) is 5.91 Å². The molecule has 0 bridgehead atoms. The van der Waals surface area contributed by atoms with Crippen LogP contribution >= 0.6 is 15.9 Å². The topological polar surface area (TPSA) is 34.0 Å². The average Bonchev–Trinajstić information content (AvgIpc) is 2.57. The molecule has 1 aliphatic carbocycles. The maximum Gasteiger partial charge on any atom is 0.267 e. The van der Waals surface area contributed by atoms with Crippen molar-refractivity contribution in [3.8, 4) is 0 Å². The van der Waals surface area contributed by atoms with Crippen LogP contribution in [0.5, 0.6) is 0 Å². The lowest BCUT2D eigenvalue weighted by atomic mass is 9.85. The fourth-order valence-electron chi connectivity index (χ4n) is 1.95. The molecule has 3 nitrogen and oxygen atoms in total. The van der Waals surface area contributed by atoms with Gasteiger partial charge in [-0.05, 0) is 47.7 Å². The summed E-state index contributed by atoms with van der Waals surface area (Å²) in [7, 11) is 0. The SMILES string of the molecule is CCn1cc(Br)cc1C(=O)NCC1CCC1. The zero-order chi connectivity index (χ0) is 11.5. The van der Waals surface area contributed by atoms with Crippen LogP contribution in [0.25, 0.3) is 0 Å². The highest BCUT2D eigenvalue weighted by Gasteiger charge is 2.19. The molecule has 0 radical (unpaired) electrons. The summed E-state index contributed by atoms with van der Waals surface area (Å²) >= 11 is 3.40. The Balaban J connectivity index is 1.96. The predicted octanol–water partition coefficient (Wildman–Crippen LogP) is 2.80. The van der Waals surface area contributed by atoms with Gasteiger partial charge in [0.15, 0.2) is 0 Å². The molecule has 1 heterocycles. The van der Waals surface area contributed by atoms with Crippen LogP contribution in [0, 0.1) is 5.92 Å². The minimum Gasteiger partial charge on any atom is -0.350 e. The molecule has 16 heavy (non-hydrogen) atoms. The summed E-state index contributed by atoms with van der Waals surface area (Å²) in [6, 6.07) is 1.87. The second kappa shape index (κ2) is 5.04. The van der Waals surface area contributed by atoms with Crippen molar-refractivity contribution in [1.29, 1.82) is 0 Å². The van der Waals surface area contributed by atoms with E-state index in [2.05, 4.69) is 21.2 Å². The van der Waals surface area contributed by atoms with Crippen molar-refractivity contribution >= 4 is 21.8 Å². The molecular formula is C12H17BrN2O. The molecule has 0 aromatic carbocycles. The number of rotatable bonds is 4. The molecule has 0 saturated heterocycles. The highest BCUT2D eigenvalue weighted by atomic mass is 79.9. The Bertz CT molecular complexity index is 382. The predicted molar refractivity (Wildman–Crippen MR) is 67.5 cm³/mol. The molecule has 4 heteroatoms. The van der Waals surface area contributed by atoms with Crippen LogP contribution in [0.3, 0.4) is 0 Å². The molecule has 1 N–H and O–H groups in total. The van der Waals surface area contributed by atoms with E-state index in [1.54, 1.807) is 0 Å². The first-order chi connectivity index (χ1) is 7.70. The van der Waals surface area contributed by atoms with Crippen molar-refractivity contribution in [1.82, 2.24) is 9.88 Å². The first kappa shape index (κ1) is 11.7. The Morgan fingerprint density at radius 3 is 2.94 bits per heavy atom. The van der Waals surface area contributed by atoms with Gasteiger partial charge in [-0.25, -0.2) is 0 Å². The van der Waals surface area contributed by atoms with Gasteiger partial charge in [-0.3, -0.25) is 4.79 Å². The van der Waals surface area contributed by atoms with E-state index < -0.39 is 0 Å². The number of aromatic nitrogens is 1. The third-order valence-corrected chi connectivity index (χ3v) is 3.65. The molecular weight excluding hydrogens is 268 g/mol. The van der Waals surface area contributed by atoms with E-state index in [1.165, 1.54) is 19.3 Å². The normalized spacial score (nSPS) is 15.9. The van der Waals surface area contributed by atoms with E-state index in [4.69, 9.17) is 0 Å². The fourth-order valence-corrected chi connectivity index (χ4v) is 2.42. The molecule has 0 atom stereocenters. The summed E-state index contributed by atoms with van der Waals surface area (Å²) in [5.41, 5.74) is 0.744. The molecule has 88 valence electrons. The summed E-state index contributed by atoms with van der Waals surface area (Å²) in [5, 5.41) is 3.01. The highest BCUT2D eigenvalue weighted by Crippen LogP contribution is 2.25. The zero-order valence-electron chi connectivity index (χ0n) is 9.50. The van der Waals surface area contributed by atoms with Gasteiger partial charge in [-0.15, -0.1) is 0 Å². The van der Waals surface area contributed by atoms with Gasteiger partial charge < -0.3 is 9.88 Å². The van der Waals surface area contributed by atoms with Crippen LogP contribution in [-0.2, 0) is 6.54 Å². The second-order valence-corrected chi connectivity index (χ2v) is 5.25. The minimum atomic E-state index is 0.0412. The van der Waals surface area contributed by atoms with Crippen LogP contribution in [0.4, 0.5) is 0 Å². The summed E-state index contributed by atoms with van der Waals surface area (Å²) in [6.07, 6.45) is 5.78. The first-order valence-corrected chi connectivity index (χ1v) is 6.64. The van der Waals surface area contributed by atoms with Crippen LogP contribution in [0.2, 0.25) is 0 Å². The summed E-state index contributed by atoms with van der Waals surface area (Å²) in [5.74, 6) is 0.747.